The van der Waals surface area contributed by atoms with E-state index in [1.165, 1.54) is 4.90 Å². The van der Waals surface area contributed by atoms with Crippen LogP contribution in [0.4, 0.5) is 4.79 Å². The quantitative estimate of drug-likeness (QED) is 0.867. The molecule has 0 aliphatic carbocycles. The van der Waals surface area contributed by atoms with Gasteiger partial charge in [-0.1, -0.05) is 18.2 Å². The van der Waals surface area contributed by atoms with Crippen molar-refractivity contribution in [2.75, 3.05) is 14.1 Å². The standard InChI is InChI=1S/C20H19N5O/c1-24(2)20(26)23-10-15-7-17-11-25(13-22)12-19(17)18(8-15)16-5-3-14(9-21)4-6-16/h3-8H,10-12H2,1-2H3,(H,23,26). The normalized spacial score (nSPS) is 12.1. The Balaban J connectivity index is 1.98. The molecule has 0 fully saturated rings. The molecule has 2 amide bonds. The second-order valence-corrected chi connectivity index (χ2v) is 6.48. The highest BCUT2D eigenvalue weighted by atomic mass is 16.2. The number of nitriles is 2. The van der Waals surface area contributed by atoms with Crippen molar-refractivity contribution in [2.45, 2.75) is 19.6 Å². The number of urea groups is 1. The number of carbonyl (C=O) groups excluding carboxylic acids is 1. The summed E-state index contributed by atoms with van der Waals surface area (Å²) in [6.45, 7) is 1.57. The molecule has 0 saturated carbocycles. The van der Waals surface area contributed by atoms with Crippen molar-refractivity contribution in [1.29, 1.82) is 10.5 Å². The van der Waals surface area contributed by atoms with Crippen LogP contribution in [0.1, 0.15) is 22.3 Å². The van der Waals surface area contributed by atoms with Crippen LogP contribution in [-0.2, 0) is 19.6 Å². The Bertz CT molecular complexity index is 919. The molecule has 26 heavy (non-hydrogen) atoms. The zero-order valence-electron chi connectivity index (χ0n) is 14.8. The second-order valence-electron chi connectivity index (χ2n) is 6.48. The van der Waals surface area contributed by atoms with Crippen LogP contribution in [0.2, 0.25) is 0 Å². The first-order valence-corrected chi connectivity index (χ1v) is 8.27. The first kappa shape index (κ1) is 17.3. The summed E-state index contributed by atoms with van der Waals surface area (Å²) in [6.07, 6.45) is 2.21. The van der Waals surface area contributed by atoms with Crippen molar-refractivity contribution in [2.24, 2.45) is 0 Å². The van der Waals surface area contributed by atoms with E-state index in [1.54, 1.807) is 31.1 Å². The molecule has 0 bridgehead atoms. The lowest BCUT2D eigenvalue weighted by molar-refractivity contribution is 0.217. The van der Waals surface area contributed by atoms with Crippen molar-refractivity contribution in [1.82, 2.24) is 15.1 Å². The molecule has 0 saturated heterocycles. The van der Waals surface area contributed by atoms with Gasteiger partial charge < -0.3 is 15.1 Å². The molecule has 0 atom stereocenters. The van der Waals surface area contributed by atoms with Crippen LogP contribution < -0.4 is 5.32 Å². The number of hydrogen-bond acceptors (Lipinski definition) is 4. The summed E-state index contributed by atoms with van der Waals surface area (Å²) in [5.74, 6) is 0. The molecule has 6 nitrogen and oxygen atoms in total. The van der Waals surface area contributed by atoms with Crippen molar-refractivity contribution < 1.29 is 4.79 Å². The number of carbonyl (C=O) groups is 1. The van der Waals surface area contributed by atoms with Gasteiger partial charge in [-0.05, 0) is 46.0 Å². The van der Waals surface area contributed by atoms with E-state index in [-0.39, 0.29) is 6.03 Å². The zero-order chi connectivity index (χ0) is 18.7. The van der Waals surface area contributed by atoms with Gasteiger partial charge in [-0.15, -0.1) is 0 Å². The van der Waals surface area contributed by atoms with E-state index in [4.69, 9.17) is 5.26 Å². The molecule has 1 aliphatic rings. The zero-order valence-corrected chi connectivity index (χ0v) is 14.8. The third kappa shape index (κ3) is 3.45. The Hall–Kier alpha value is -3.51. The Morgan fingerprint density at radius 3 is 2.54 bits per heavy atom. The second kappa shape index (κ2) is 7.16. The molecular weight excluding hydrogens is 326 g/mol. The molecule has 3 rings (SSSR count). The number of rotatable bonds is 3. The Kier molecular flexibility index (Phi) is 4.77. The fourth-order valence-corrected chi connectivity index (χ4v) is 3.07. The number of nitrogens with one attached hydrogen (secondary N) is 1. The molecule has 1 aliphatic heterocycles. The van der Waals surface area contributed by atoms with Gasteiger partial charge in [-0.2, -0.15) is 10.5 Å². The number of hydrogen-bond donors (Lipinski definition) is 1. The topological polar surface area (TPSA) is 83.2 Å². The van der Waals surface area contributed by atoms with Crippen LogP contribution in [0, 0.1) is 22.8 Å². The van der Waals surface area contributed by atoms with Gasteiger partial charge in [0.2, 0.25) is 0 Å². The molecule has 130 valence electrons. The Labute approximate surface area is 152 Å². The van der Waals surface area contributed by atoms with Gasteiger partial charge in [0.15, 0.2) is 6.19 Å². The molecule has 0 unspecified atom stereocenters. The lowest BCUT2D eigenvalue weighted by Gasteiger charge is -2.15. The average Bonchev–Trinajstić information content (AvgIpc) is 3.08. The van der Waals surface area contributed by atoms with Gasteiger partial charge in [0.25, 0.3) is 0 Å². The van der Waals surface area contributed by atoms with Crippen molar-refractivity contribution in [3.05, 3.63) is 58.7 Å². The molecule has 2 aromatic carbocycles. The molecule has 0 aromatic heterocycles. The summed E-state index contributed by atoms with van der Waals surface area (Å²) >= 11 is 0. The van der Waals surface area contributed by atoms with Gasteiger partial charge in [-0.25, -0.2) is 4.79 Å². The molecule has 2 aromatic rings. The SMILES string of the molecule is CN(C)C(=O)NCc1cc2c(c(-c3ccc(C#N)cc3)c1)CN(C#N)C2. The van der Waals surface area contributed by atoms with E-state index < -0.39 is 0 Å². The molecule has 0 radical (unpaired) electrons. The first-order chi connectivity index (χ1) is 12.5. The van der Waals surface area contributed by atoms with Crippen LogP contribution in [0.15, 0.2) is 36.4 Å². The Morgan fingerprint density at radius 1 is 1.19 bits per heavy atom. The van der Waals surface area contributed by atoms with Gasteiger partial charge >= 0.3 is 6.03 Å². The minimum atomic E-state index is -0.149. The summed E-state index contributed by atoms with van der Waals surface area (Å²) in [6, 6.07) is 13.5. The number of benzene rings is 2. The van der Waals surface area contributed by atoms with E-state index in [0.717, 1.165) is 27.8 Å². The van der Waals surface area contributed by atoms with E-state index in [2.05, 4.69) is 29.7 Å². The molecule has 6 heteroatoms. The van der Waals surface area contributed by atoms with Crippen molar-refractivity contribution >= 4 is 6.03 Å². The van der Waals surface area contributed by atoms with Gasteiger partial charge in [-0.3, -0.25) is 0 Å². The fourth-order valence-electron chi connectivity index (χ4n) is 3.07. The summed E-state index contributed by atoms with van der Waals surface area (Å²) < 4.78 is 0. The first-order valence-electron chi connectivity index (χ1n) is 8.27. The third-order valence-corrected chi connectivity index (χ3v) is 4.43. The highest BCUT2D eigenvalue weighted by Crippen LogP contribution is 2.34. The molecule has 0 spiro atoms. The highest BCUT2D eigenvalue weighted by Gasteiger charge is 2.22. The van der Waals surface area contributed by atoms with Crippen LogP contribution in [-0.4, -0.2) is 29.9 Å². The monoisotopic (exact) mass is 345 g/mol. The van der Waals surface area contributed by atoms with E-state index in [9.17, 15) is 10.1 Å². The van der Waals surface area contributed by atoms with Crippen LogP contribution in [0.5, 0.6) is 0 Å². The van der Waals surface area contributed by atoms with E-state index >= 15 is 0 Å². The molecular formula is C20H19N5O. The minimum absolute atomic E-state index is 0.149. The van der Waals surface area contributed by atoms with Crippen LogP contribution in [0.3, 0.4) is 0 Å². The molecule has 1 N–H and O–H groups in total. The van der Waals surface area contributed by atoms with Gasteiger partial charge in [0.05, 0.1) is 24.7 Å². The van der Waals surface area contributed by atoms with Crippen molar-refractivity contribution in [3.63, 3.8) is 0 Å². The largest absolute Gasteiger partial charge is 0.334 e. The lowest BCUT2D eigenvalue weighted by atomic mass is 9.94. The lowest BCUT2D eigenvalue weighted by Crippen LogP contribution is -2.33. The number of fused-ring (bicyclic) bond motifs is 1. The number of nitrogens with zero attached hydrogens (tertiary/aromatic N) is 4. The van der Waals surface area contributed by atoms with E-state index in [0.29, 0.717) is 25.2 Å². The predicted octanol–water partition coefficient (Wildman–Crippen LogP) is 2.79. The van der Waals surface area contributed by atoms with Gasteiger partial charge in [0, 0.05) is 20.6 Å². The van der Waals surface area contributed by atoms with Crippen LogP contribution >= 0.6 is 0 Å². The van der Waals surface area contributed by atoms with E-state index in [1.807, 2.05) is 12.1 Å². The predicted molar refractivity (Wildman–Crippen MR) is 97.4 cm³/mol. The average molecular weight is 345 g/mol. The molecule has 1 heterocycles. The highest BCUT2D eigenvalue weighted by molar-refractivity contribution is 5.74. The van der Waals surface area contributed by atoms with Gasteiger partial charge in [0.1, 0.15) is 0 Å². The minimum Gasteiger partial charge on any atom is -0.334 e. The Morgan fingerprint density at radius 2 is 1.92 bits per heavy atom. The summed E-state index contributed by atoms with van der Waals surface area (Å²) in [4.78, 5) is 15.0. The van der Waals surface area contributed by atoms with Crippen molar-refractivity contribution in [3.8, 4) is 23.4 Å². The summed E-state index contributed by atoms with van der Waals surface area (Å²) in [7, 11) is 3.40. The fraction of sp³-hybridized carbons (Fsp3) is 0.250. The van der Waals surface area contributed by atoms with Crippen LogP contribution in [0.25, 0.3) is 11.1 Å². The third-order valence-electron chi connectivity index (χ3n) is 4.43. The number of amides is 2. The maximum Gasteiger partial charge on any atom is 0.317 e. The summed E-state index contributed by atoms with van der Waals surface area (Å²) in [5.41, 5.74) is 5.86. The maximum absolute atomic E-state index is 11.8. The maximum atomic E-state index is 11.8. The summed E-state index contributed by atoms with van der Waals surface area (Å²) in [5, 5.41) is 21.1. The smallest absolute Gasteiger partial charge is 0.317 e.